The number of fused-ring (bicyclic) bond motifs is 1. The van der Waals surface area contributed by atoms with Crippen molar-refractivity contribution < 1.29 is 9.90 Å². The zero-order valence-corrected chi connectivity index (χ0v) is 12.6. The molecule has 1 aliphatic carbocycles. The molecule has 1 saturated carbocycles. The van der Waals surface area contributed by atoms with Gasteiger partial charge in [0.25, 0.3) is 0 Å². The Bertz CT molecular complexity index is 491. The fourth-order valence-corrected chi connectivity index (χ4v) is 3.60. The number of nitrogens with one attached hydrogen (secondary N) is 1. The van der Waals surface area contributed by atoms with Gasteiger partial charge in [0.1, 0.15) is 5.82 Å². The van der Waals surface area contributed by atoms with Gasteiger partial charge in [-0.2, -0.15) is 0 Å². The first-order valence-corrected chi connectivity index (χ1v) is 8.14. The minimum Gasteiger partial charge on any atom is -0.389 e. The molecule has 2 heterocycles. The molecule has 1 fully saturated rings. The smallest absolute Gasteiger partial charge is 0.222 e. The fraction of sp³-hybridized carbons (Fsp3) is 0.750. The van der Waals surface area contributed by atoms with Crippen molar-refractivity contribution in [3.05, 3.63) is 18.2 Å². The first-order valence-electron chi connectivity index (χ1n) is 8.14. The summed E-state index contributed by atoms with van der Waals surface area (Å²) in [5, 5.41) is 13.4. The third kappa shape index (κ3) is 3.64. The molecule has 0 radical (unpaired) electrons. The fourth-order valence-electron chi connectivity index (χ4n) is 3.60. The largest absolute Gasteiger partial charge is 0.389 e. The van der Waals surface area contributed by atoms with Crippen LogP contribution < -0.4 is 5.32 Å². The Morgan fingerprint density at radius 3 is 3.05 bits per heavy atom. The average Bonchev–Trinajstić information content (AvgIpc) is 2.93. The van der Waals surface area contributed by atoms with Gasteiger partial charge in [-0.15, -0.1) is 0 Å². The van der Waals surface area contributed by atoms with Gasteiger partial charge in [-0.25, -0.2) is 4.98 Å². The van der Waals surface area contributed by atoms with Crippen LogP contribution in [0.1, 0.15) is 50.8 Å². The summed E-state index contributed by atoms with van der Waals surface area (Å²) in [7, 11) is 0. The van der Waals surface area contributed by atoms with E-state index in [0.29, 0.717) is 12.5 Å². The summed E-state index contributed by atoms with van der Waals surface area (Å²) < 4.78 is 2.18. The molecular formula is C16H25N3O2. The van der Waals surface area contributed by atoms with E-state index in [4.69, 9.17) is 0 Å². The molecule has 0 aromatic carbocycles. The maximum absolute atomic E-state index is 12.1. The van der Waals surface area contributed by atoms with E-state index in [2.05, 4.69) is 14.9 Å². The second-order valence-corrected chi connectivity index (χ2v) is 6.66. The molecule has 2 N–H and O–H groups in total. The lowest BCUT2D eigenvalue weighted by molar-refractivity contribution is -0.127. The van der Waals surface area contributed by atoms with Crippen LogP contribution in [0, 0.1) is 5.92 Å². The molecule has 0 bridgehead atoms. The van der Waals surface area contributed by atoms with Crippen molar-refractivity contribution in [2.75, 3.05) is 6.54 Å². The predicted octanol–water partition coefficient (Wildman–Crippen LogP) is 1.65. The van der Waals surface area contributed by atoms with E-state index >= 15 is 0 Å². The van der Waals surface area contributed by atoms with Crippen LogP contribution in [0.4, 0.5) is 0 Å². The van der Waals surface area contributed by atoms with Crippen molar-refractivity contribution in [1.82, 2.24) is 14.9 Å². The van der Waals surface area contributed by atoms with Crippen molar-refractivity contribution >= 4 is 5.91 Å². The third-order valence-electron chi connectivity index (χ3n) is 4.91. The number of amides is 1. The normalized spacial score (nSPS) is 24.3. The zero-order chi connectivity index (χ0) is 14.7. The standard InChI is InChI=1S/C16H25N3O2/c20-15(11-16(21)5-2-1-3-6-16)18-12-13-4-8-19-9-7-17-14(19)10-13/h7,9,13,21H,1-6,8,10-12H2,(H,18,20). The van der Waals surface area contributed by atoms with Crippen molar-refractivity contribution in [2.24, 2.45) is 5.92 Å². The second kappa shape index (κ2) is 6.18. The van der Waals surface area contributed by atoms with Gasteiger partial charge in [-0.05, 0) is 25.2 Å². The summed E-state index contributed by atoms with van der Waals surface area (Å²) in [4.78, 5) is 16.4. The molecule has 1 aromatic heterocycles. The number of aryl methyl sites for hydroxylation is 1. The van der Waals surface area contributed by atoms with Crippen molar-refractivity contribution in [3.63, 3.8) is 0 Å². The van der Waals surface area contributed by atoms with E-state index in [1.807, 2.05) is 12.4 Å². The minimum absolute atomic E-state index is 0.00619. The number of nitrogens with zero attached hydrogens (tertiary/aromatic N) is 2. The van der Waals surface area contributed by atoms with Gasteiger partial charge in [0, 0.05) is 31.9 Å². The number of aliphatic hydroxyl groups is 1. The lowest BCUT2D eigenvalue weighted by atomic mass is 9.82. The molecule has 21 heavy (non-hydrogen) atoms. The number of carbonyl (C=O) groups excluding carboxylic acids is 1. The Hall–Kier alpha value is -1.36. The molecule has 1 aromatic rings. The van der Waals surface area contributed by atoms with Crippen molar-refractivity contribution in [3.8, 4) is 0 Å². The van der Waals surface area contributed by atoms with E-state index in [9.17, 15) is 9.90 Å². The molecular weight excluding hydrogens is 266 g/mol. The van der Waals surface area contributed by atoms with Gasteiger partial charge in [0.05, 0.1) is 12.0 Å². The highest BCUT2D eigenvalue weighted by Gasteiger charge is 2.31. The maximum atomic E-state index is 12.1. The average molecular weight is 291 g/mol. The van der Waals surface area contributed by atoms with Gasteiger partial charge in [-0.3, -0.25) is 4.79 Å². The number of carbonyl (C=O) groups is 1. The van der Waals surface area contributed by atoms with Crippen molar-refractivity contribution in [1.29, 1.82) is 0 Å². The SMILES string of the molecule is O=C(CC1(O)CCCCC1)NCC1CCn2ccnc2C1. The highest BCUT2D eigenvalue weighted by Crippen LogP contribution is 2.30. The Kier molecular flexibility index (Phi) is 4.29. The molecule has 2 aliphatic rings. The molecule has 0 spiro atoms. The molecule has 1 amide bonds. The van der Waals surface area contributed by atoms with Crippen molar-refractivity contribution in [2.45, 2.75) is 63.5 Å². The van der Waals surface area contributed by atoms with E-state index in [-0.39, 0.29) is 12.3 Å². The van der Waals surface area contributed by atoms with Crippen LogP contribution in [-0.2, 0) is 17.8 Å². The Labute approximate surface area is 125 Å². The van der Waals surface area contributed by atoms with E-state index < -0.39 is 5.60 Å². The Morgan fingerprint density at radius 2 is 2.24 bits per heavy atom. The van der Waals surface area contributed by atoms with E-state index in [0.717, 1.165) is 50.9 Å². The summed E-state index contributed by atoms with van der Waals surface area (Å²) >= 11 is 0. The molecule has 1 unspecified atom stereocenters. The summed E-state index contributed by atoms with van der Waals surface area (Å²) in [6.07, 6.45) is 10.9. The zero-order valence-electron chi connectivity index (χ0n) is 12.6. The third-order valence-corrected chi connectivity index (χ3v) is 4.91. The number of hydrogen-bond donors (Lipinski definition) is 2. The monoisotopic (exact) mass is 291 g/mol. The molecule has 5 heteroatoms. The molecule has 116 valence electrons. The lowest BCUT2D eigenvalue weighted by Gasteiger charge is -2.31. The second-order valence-electron chi connectivity index (χ2n) is 6.66. The summed E-state index contributed by atoms with van der Waals surface area (Å²) in [6, 6.07) is 0. The first kappa shape index (κ1) is 14.6. The highest BCUT2D eigenvalue weighted by atomic mass is 16.3. The van der Waals surface area contributed by atoms with Crippen LogP contribution in [0.3, 0.4) is 0 Å². The molecule has 1 aliphatic heterocycles. The minimum atomic E-state index is -0.759. The summed E-state index contributed by atoms with van der Waals surface area (Å²) in [5.41, 5.74) is -0.759. The summed E-state index contributed by atoms with van der Waals surface area (Å²) in [6.45, 7) is 1.68. The van der Waals surface area contributed by atoms with E-state index in [1.54, 1.807) is 0 Å². The van der Waals surface area contributed by atoms with Crippen LogP contribution >= 0.6 is 0 Å². The van der Waals surface area contributed by atoms with Gasteiger partial charge >= 0.3 is 0 Å². The topological polar surface area (TPSA) is 67.2 Å². The van der Waals surface area contributed by atoms with Crippen LogP contribution in [0.5, 0.6) is 0 Å². The Morgan fingerprint density at radius 1 is 1.43 bits per heavy atom. The Balaban J connectivity index is 1.44. The number of aromatic nitrogens is 2. The molecule has 5 nitrogen and oxygen atoms in total. The molecule has 0 saturated heterocycles. The van der Waals surface area contributed by atoms with E-state index in [1.165, 1.54) is 6.42 Å². The van der Waals surface area contributed by atoms with Crippen LogP contribution in [0.25, 0.3) is 0 Å². The van der Waals surface area contributed by atoms with Gasteiger partial charge < -0.3 is 15.0 Å². The van der Waals surface area contributed by atoms with Gasteiger partial charge in [-0.1, -0.05) is 19.3 Å². The van der Waals surface area contributed by atoms with Gasteiger partial charge in [0.2, 0.25) is 5.91 Å². The van der Waals surface area contributed by atoms with Gasteiger partial charge in [0.15, 0.2) is 0 Å². The van der Waals surface area contributed by atoms with Crippen LogP contribution in [0.15, 0.2) is 12.4 Å². The molecule has 3 rings (SSSR count). The number of rotatable bonds is 4. The number of hydrogen-bond acceptors (Lipinski definition) is 3. The maximum Gasteiger partial charge on any atom is 0.222 e. The van der Waals surface area contributed by atoms with Crippen LogP contribution in [0.2, 0.25) is 0 Å². The highest BCUT2D eigenvalue weighted by molar-refractivity contribution is 5.77. The summed E-state index contributed by atoms with van der Waals surface area (Å²) in [5.74, 6) is 1.57. The van der Waals surface area contributed by atoms with Crippen LogP contribution in [-0.4, -0.2) is 32.7 Å². The predicted molar refractivity (Wildman–Crippen MR) is 79.7 cm³/mol. The lowest BCUT2D eigenvalue weighted by Crippen LogP contribution is -2.40. The first-order chi connectivity index (χ1) is 10.1. The number of imidazole rings is 1. The molecule has 1 atom stereocenters. The quantitative estimate of drug-likeness (QED) is 0.886.